The Morgan fingerprint density at radius 2 is 1.35 bits per heavy atom. The molecule has 0 atom stereocenters. The minimum Gasteiger partial charge on any atom is -0.309 e. The predicted octanol–water partition coefficient (Wildman–Crippen LogP) is 8.07. The molecule has 0 unspecified atom stereocenters. The van der Waals surface area contributed by atoms with Crippen LogP contribution in [0.2, 0.25) is 0 Å². The summed E-state index contributed by atoms with van der Waals surface area (Å²) in [5, 5.41) is 0. The van der Waals surface area contributed by atoms with Crippen LogP contribution in [-0.4, -0.2) is 9.97 Å². The van der Waals surface area contributed by atoms with Crippen molar-refractivity contribution in [2.45, 2.75) is 6.92 Å². The zero-order chi connectivity index (χ0) is 22.9. The van der Waals surface area contributed by atoms with E-state index in [0.717, 1.165) is 45.1 Å². The molecular formula is C31H23N3. The van der Waals surface area contributed by atoms with Gasteiger partial charge >= 0.3 is 0 Å². The molecule has 0 amide bonds. The van der Waals surface area contributed by atoms with Gasteiger partial charge in [-0.2, -0.15) is 0 Å². The molecule has 1 aliphatic heterocycles. The van der Waals surface area contributed by atoms with Gasteiger partial charge in [0, 0.05) is 29.2 Å². The van der Waals surface area contributed by atoms with Gasteiger partial charge in [0.2, 0.25) is 0 Å². The number of pyridine rings is 2. The van der Waals surface area contributed by atoms with Crippen molar-refractivity contribution in [2.24, 2.45) is 0 Å². The second kappa shape index (κ2) is 8.45. The van der Waals surface area contributed by atoms with Crippen molar-refractivity contribution in [2.75, 3.05) is 4.90 Å². The molecule has 162 valence electrons. The molecule has 0 fully saturated rings. The molecule has 0 aliphatic carbocycles. The van der Waals surface area contributed by atoms with Gasteiger partial charge in [-0.3, -0.25) is 9.97 Å². The summed E-state index contributed by atoms with van der Waals surface area (Å²) in [4.78, 5) is 11.5. The van der Waals surface area contributed by atoms with Crippen molar-refractivity contribution < 1.29 is 0 Å². The highest BCUT2D eigenvalue weighted by atomic mass is 15.1. The maximum Gasteiger partial charge on any atom is 0.0705 e. The number of hydrogen-bond acceptors (Lipinski definition) is 3. The maximum absolute atomic E-state index is 4.63. The van der Waals surface area contributed by atoms with Crippen LogP contribution >= 0.6 is 0 Å². The summed E-state index contributed by atoms with van der Waals surface area (Å²) in [6, 6.07) is 33.9. The minimum atomic E-state index is 0.962. The molecule has 6 rings (SSSR count). The van der Waals surface area contributed by atoms with E-state index in [2.05, 4.69) is 107 Å². The number of benzene rings is 3. The lowest BCUT2D eigenvalue weighted by Gasteiger charge is -2.28. The van der Waals surface area contributed by atoms with Crippen LogP contribution in [0.3, 0.4) is 0 Å². The Labute approximate surface area is 199 Å². The second-order valence-electron chi connectivity index (χ2n) is 8.48. The SMILES string of the molecule is Cc1ccnc(-c2ccc3c(c2)N(c2cccc(-c4ccccn4)c2)c2ccccc2C=C3)c1. The van der Waals surface area contributed by atoms with Gasteiger partial charge in [0.25, 0.3) is 0 Å². The van der Waals surface area contributed by atoms with E-state index in [1.165, 1.54) is 11.1 Å². The lowest BCUT2D eigenvalue weighted by atomic mass is 10.0. The van der Waals surface area contributed by atoms with Gasteiger partial charge in [-0.05, 0) is 72.1 Å². The van der Waals surface area contributed by atoms with Gasteiger partial charge < -0.3 is 4.90 Å². The standard InChI is InChI=1S/C31H23N3/c1-22-16-18-33-29(19-22)26-15-14-24-13-12-23-7-2-3-11-30(23)34(31(24)21-26)27-9-6-8-25(20-27)28-10-4-5-17-32-28/h2-21H,1H3. The summed E-state index contributed by atoms with van der Waals surface area (Å²) in [5.74, 6) is 0. The van der Waals surface area contributed by atoms with Crippen molar-refractivity contribution in [3.63, 3.8) is 0 Å². The van der Waals surface area contributed by atoms with Crippen LogP contribution < -0.4 is 4.90 Å². The van der Waals surface area contributed by atoms with Gasteiger partial charge in [-0.15, -0.1) is 0 Å². The molecule has 3 nitrogen and oxygen atoms in total. The van der Waals surface area contributed by atoms with Crippen molar-refractivity contribution >= 4 is 29.2 Å². The van der Waals surface area contributed by atoms with E-state index in [1.54, 1.807) is 0 Å². The highest BCUT2D eigenvalue weighted by Crippen LogP contribution is 2.43. The van der Waals surface area contributed by atoms with E-state index in [9.17, 15) is 0 Å². The molecule has 34 heavy (non-hydrogen) atoms. The molecule has 3 heterocycles. The number of anilines is 3. The molecule has 3 aromatic carbocycles. The number of aryl methyl sites for hydroxylation is 1. The van der Waals surface area contributed by atoms with Crippen molar-refractivity contribution in [1.29, 1.82) is 0 Å². The molecule has 3 heteroatoms. The minimum absolute atomic E-state index is 0.962. The quantitative estimate of drug-likeness (QED) is 0.280. The zero-order valence-corrected chi connectivity index (χ0v) is 18.9. The van der Waals surface area contributed by atoms with E-state index < -0.39 is 0 Å². The normalized spacial score (nSPS) is 12.1. The summed E-state index contributed by atoms with van der Waals surface area (Å²) in [6.45, 7) is 2.10. The van der Waals surface area contributed by atoms with Crippen LogP contribution in [0.1, 0.15) is 16.7 Å². The van der Waals surface area contributed by atoms with E-state index in [1.807, 2.05) is 36.7 Å². The third-order valence-corrected chi connectivity index (χ3v) is 6.17. The van der Waals surface area contributed by atoms with Crippen LogP contribution in [0.15, 0.2) is 109 Å². The van der Waals surface area contributed by atoms with E-state index >= 15 is 0 Å². The summed E-state index contributed by atoms with van der Waals surface area (Å²) in [5.41, 5.74) is 11.0. The van der Waals surface area contributed by atoms with Gasteiger partial charge in [-0.1, -0.05) is 60.7 Å². The fraction of sp³-hybridized carbons (Fsp3) is 0.0323. The summed E-state index contributed by atoms with van der Waals surface area (Å²) < 4.78 is 0. The van der Waals surface area contributed by atoms with Gasteiger partial charge in [0.1, 0.15) is 0 Å². The third-order valence-electron chi connectivity index (χ3n) is 6.17. The first-order valence-electron chi connectivity index (χ1n) is 11.4. The molecule has 0 saturated carbocycles. The molecule has 2 aromatic heterocycles. The monoisotopic (exact) mass is 437 g/mol. The van der Waals surface area contributed by atoms with Crippen molar-refractivity contribution in [3.8, 4) is 22.5 Å². The Hall–Kier alpha value is -4.50. The van der Waals surface area contributed by atoms with Crippen molar-refractivity contribution in [1.82, 2.24) is 9.97 Å². The smallest absolute Gasteiger partial charge is 0.0705 e. The molecule has 0 saturated heterocycles. The van der Waals surface area contributed by atoms with Crippen LogP contribution in [0.25, 0.3) is 34.7 Å². The fourth-order valence-corrected chi connectivity index (χ4v) is 4.49. The first-order valence-corrected chi connectivity index (χ1v) is 11.4. The molecule has 0 N–H and O–H groups in total. The van der Waals surface area contributed by atoms with Gasteiger partial charge in [0.15, 0.2) is 0 Å². The Morgan fingerprint density at radius 3 is 2.21 bits per heavy atom. The molecular weight excluding hydrogens is 414 g/mol. The molecule has 5 aromatic rings. The zero-order valence-electron chi connectivity index (χ0n) is 18.9. The van der Waals surface area contributed by atoms with E-state index in [4.69, 9.17) is 0 Å². The van der Waals surface area contributed by atoms with Gasteiger partial charge in [0.05, 0.1) is 22.8 Å². The van der Waals surface area contributed by atoms with Crippen LogP contribution in [-0.2, 0) is 0 Å². The Kier molecular flexibility index (Phi) is 5.00. The van der Waals surface area contributed by atoms with Crippen LogP contribution in [0.4, 0.5) is 17.1 Å². The largest absolute Gasteiger partial charge is 0.309 e. The van der Waals surface area contributed by atoms with Crippen molar-refractivity contribution in [3.05, 3.63) is 126 Å². The number of para-hydroxylation sites is 1. The summed E-state index contributed by atoms with van der Waals surface area (Å²) >= 11 is 0. The van der Waals surface area contributed by atoms with Gasteiger partial charge in [-0.25, -0.2) is 0 Å². The lowest BCUT2D eigenvalue weighted by molar-refractivity contribution is 1.26. The van der Waals surface area contributed by atoms with E-state index in [-0.39, 0.29) is 0 Å². The Balaban J connectivity index is 1.56. The third kappa shape index (κ3) is 3.67. The lowest BCUT2D eigenvalue weighted by Crippen LogP contribution is -2.12. The highest BCUT2D eigenvalue weighted by molar-refractivity contribution is 5.95. The number of nitrogens with zero attached hydrogens (tertiary/aromatic N) is 3. The van der Waals surface area contributed by atoms with Crippen LogP contribution in [0, 0.1) is 6.92 Å². The number of fused-ring (bicyclic) bond motifs is 2. The van der Waals surface area contributed by atoms with Crippen LogP contribution in [0.5, 0.6) is 0 Å². The predicted molar refractivity (Wildman–Crippen MR) is 141 cm³/mol. The Morgan fingerprint density at radius 1 is 0.559 bits per heavy atom. The first-order chi connectivity index (χ1) is 16.8. The first kappa shape index (κ1) is 20.1. The highest BCUT2D eigenvalue weighted by Gasteiger charge is 2.21. The average molecular weight is 438 g/mol. The second-order valence-corrected chi connectivity index (χ2v) is 8.48. The summed E-state index contributed by atoms with van der Waals surface area (Å²) in [7, 11) is 0. The Bertz CT molecular complexity index is 1520. The summed E-state index contributed by atoms with van der Waals surface area (Å²) in [6.07, 6.45) is 8.11. The number of hydrogen-bond donors (Lipinski definition) is 0. The maximum atomic E-state index is 4.63. The average Bonchev–Trinajstić information content (AvgIpc) is 3.06. The van der Waals surface area contributed by atoms with E-state index in [0.29, 0.717) is 0 Å². The molecule has 0 radical (unpaired) electrons. The molecule has 1 aliphatic rings. The number of rotatable bonds is 3. The topological polar surface area (TPSA) is 29.0 Å². The molecule has 0 bridgehead atoms. The molecule has 0 spiro atoms. The fourth-order valence-electron chi connectivity index (χ4n) is 4.49. The number of aromatic nitrogens is 2.